The Bertz CT molecular complexity index is 1780. The number of carbonyl (C=O) groups is 1. The second-order valence-corrected chi connectivity index (χ2v) is 11.3. The van der Waals surface area contributed by atoms with E-state index < -0.39 is 0 Å². The Hall–Kier alpha value is -4.49. The van der Waals surface area contributed by atoms with Gasteiger partial charge < -0.3 is 0 Å². The number of hydrogen-bond donors (Lipinski definition) is 0. The first-order valence-corrected chi connectivity index (χ1v) is 14.0. The highest BCUT2D eigenvalue weighted by Crippen LogP contribution is 2.41. The molecule has 1 nitrogen and oxygen atoms in total. The van der Waals surface area contributed by atoms with Crippen molar-refractivity contribution in [1.82, 2.24) is 0 Å². The molecule has 0 bridgehead atoms. The molecule has 0 amide bonds. The van der Waals surface area contributed by atoms with Crippen molar-refractivity contribution in [2.75, 3.05) is 0 Å². The molecule has 40 heavy (non-hydrogen) atoms. The minimum Gasteiger partial charge on any atom is -0.289 e. The first-order valence-electron chi connectivity index (χ1n) is 14.0. The lowest BCUT2D eigenvalue weighted by molar-refractivity contribution is 0.104. The second-order valence-electron chi connectivity index (χ2n) is 11.3. The minimum absolute atomic E-state index is 0.0558. The predicted molar refractivity (Wildman–Crippen MR) is 171 cm³/mol. The number of fused-ring (bicyclic) bond motifs is 2. The largest absolute Gasteiger partial charge is 0.289 e. The Balaban J connectivity index is 1.71. The van der Waals surface area contributed by atoms with Crippen LogP contribution >= 0.6 is 0 Å². The van der Waals surface area contributed by atoms with Crippen LogP contribution in [0.15, 0.2) is 97.1 Å². The first kappa shape index (κ1) is 25.8. The van der Waals surface area contributed by atoms with Gasteiger partial charge in [0.15, 0.2) is 5.78 Å². The Morgan fingerprint density at radius 1 is 0.425 bits per heavy atom. The van der Waals surface area contributed by atoms with Crippen LogP contribution in [0.3, 0.4) is 0 Å². The topological polar surface area (TPSA) is 17.1 Å². The van der Waals surface area contributed by atoms with E-state index >= 15 is 0 Å². The molecule has 0 spiro atoms. The average Bonchev–Trinajstić information content (AvgIpc) is 2.91. The van der Waals surface area contributed by atoms with Crippen LogP contribution in [0.5, 0.6) is 0 Å². The number of aryl methyl sites for hydroxylation is 6. The highest BCUT2D eigenvalue weighted by Gasteiger charge is 2.25. The first-order chi connectivity index (χ1) is 19.2. The quantitative estimate of drug-likeness (QED) is 0.212. The lowest BCUT2D eigenvalue weighted by Gasteiger charge is -2.21. The van der Waals surface area contributed by atoms with Gasteiger partial charge in [0.1, 0.15) is 0 Å². The van der Waals surface area contributed by atoms with E-state index in [-0.39, 0.29) is 5.78 Å². The van der Waals surface area contributed by atoms with Crippen molar-refractivity contribution in [2.45, 2.75) is 41.5 Å². The third-order valence-electron chi connectivity index (χ3n) is 8.20. The smallest absolute Gasteiger partial charge is 0.194 e. The van der Waals surface area contributed by atoms with Crippen molar-refractivity contribution in [3.8, 4) is 22.3 Å². The molecule has 0 aliphatic rings. The maximum absolute atomic E-state index is 14.9. The summed E-state index contributed by atoms with van der Waals surface area (Å²) in [7, 11) is 0. The van der Waals surface area contributed by atoms with Gasteiger partial charge in [0, 0.05) is 22.3 Å². The zero-order valence-electron chi connectivity index (χ0n) is 24.1. The van der Waals surface area contributed by atoms with Crippen LogP contribution in [0, 0.1) is 41.5 Å². The third kappa shape index (κ3) is 4.23. The van der Waals surface area contributed by atoms with Crippen LogP contribution < -0.4 is 0 Å². The molecule has 0 saturated heterocycles. The molecule has 196 valence electrons. The van der Waals surface area contributed by atoms with Gasteiger partial charge in [0.25, 0.3) is 0 Å². The third-order valence-corrected chi connectivity index (χ3v) is 8.20. The van der Waals surface area contributed by atoms with E-state index in [4.69, 9.17) is 0 Å². The van der Waals surface area contributed by atoms with E-state index in [0.29, 0.717) is 0 Å². The van der Waals surface area contributed by atoms with Gasteiger partial charge in [-0.25, -0.2) is 0 Å². The van der Waals surface area contributed by atoms with Gasteiger partial charge in [-0.2, -0.15) is 0 Å². The summed E-state index contributed by atoms with van der Waals surface area (Å²) in [5.74, 6) is 0.0558. The van der Waals surface area contributed by atoms with Crippen molar-refractivity contribution in [1.29, 1.82) is 0 Å². The standard InChI is InChI=1S/C39H34O/c1-23-19-25(3)35(26(4)20-23)37-31-13-9-7-11-29(31)15-17-33(37)39(40)34-18-16-30-12-8-10-14-32(30)38(34)36-27(5)21-24(2)22-28(36)6/h7-22H,1-6H3. The van der Waals surface area contributed by atoms with Gasteiger partial charge in [0.05, 0.1) is 0 Å². The molecule has 1 heteroatoms. The van der Waals surface area contributed by atoms with Gasteiger partial charge in [-0.05, 0) is 109 Å². The Kier molecular flexibility index (Phi) is 6.39. The van der Waals surface area contributed by atoms with Gasteiger partial charge >= 0.3 is 0 Å². The number of ketones is 1. The predicted octanol–water partition coefficient (Wildman–Crippen LogP) is 10.4. The summed E-state index contributed by atoms with van der Waals surface area (Å²) in [6, 6.07) is 34.0. The molecule has 0 radical (unpaired) electrons. The molecule has 6 rings (SSSR count). The van der Waals surface area contributed by atoms with E-state index in [1.54, 1.807) is 0 Å². The number of benzene rings is 6. The molecule has 6 aromatic carbocycles. The van der Waals surface area contributed by atoms with Crippen molar-refractivity contribution >= 4 is 27.3 Å². The summed E-state index contributed by atoms with van der Waals surface area (Å²) < 4.78 is 0. The van der Waals surface area contributed by atoms with E-state index in [0.717, 1.165) is 54.9 Å². The van der Waals surface area contributed by atoms with Crippen molar-refractivity contribution < 1.29 is 4.79 Å². The summed E-state index contributed by atoms with van der Waals surface area (Å²) in [6.45, 7) is 12.9. The SMILES string of the molecule is Cc1cc(C)c(-c2c(C(=O)c3ccc4ccccc4c3-c3c(C)cc(C)cc3C)ccc3ccccc23)c(C)c1. The van der Waals surface area contributed by atoms with Crippen LogP contribution in [0.1, 0.15) is 49.3 Å². The summed E-state index contributed by atoms with van der Waals surface area (Å²) in [6.07, 6.45) is 0. The van der Waals surface area contributed by atoms with Gasteiger partial charge in [-0.3, -0.25) is 4.79 Å². The minimum atomic E-state index is 0.0558. The highest BCUT2D eigenvalue weighted by atomic mass is 16.1. The maximum Gasteiger partial charge on any atom is 0.194 e. The fourth-order valence-electron chi connectivity index (χ4n) is 6.75. The van der Waals surface area contributed by atoms with Crippen LogP contribution in [0.2, 0.25) is 0 Å². The van der Waals surface area contributed by atoms with Crippen molar-refractivity contribution in [3.05, 3.63) is 142 Å². The van der Waals surface area contributed by atoms with E-state index in [9.17, 15) is 4.79 Å². The molecule has 0 aromatic heterocycles. The molecule has 0 aliphatic carbocycles. The fourth-order valence-corrected chi connectivity index (χ4v) is 6.75. The van der Waals surface area contributed by atoms with Crippen molar-refractivity contribution in [2.24, 2.45) is 0 Å². The molecule has 0 N–H and O–H groups in total. The van der Waals surface area contributed by atoms with Crippen molar-refractivity contribution in [3.63, 3.8) is 0 Å². The second kappa shape index (κ2) is 9.92. The summed E-state index contributed by atoms with van der Waals surface area (Å²) in [5.41, 5.74) is 13.0. The average molecular weight is 519 g/mol. The van der Waals surface area contributed by atoms with E-state index in [1.165, 1.54) is 33.4 Å². The Morgan fingerprint density at radius 2 is 0.775 bits per heavy atom. The molecule has 0 heterocycles. The lowest BCUT2D eigenvalue weighted by Crippen LogP contribution is -2.08. The Morgan fingerprint density at radius 3 is 1.15 bits per heavy atom. The summed E-state index contributed by atoms with van der Waals surface area (Å²) in [4.78, 5) is 14.9. The van der Waals surface area contributed by atoms with Crippen LogP contribution in [0.4, 0.5) is 0 Å². The van der Waals surface area contributed by atoms with Gasteiger partial charge in [0.2, 0.25) is 0 Å². The van der Waals surface area contributed by atoms with Crippen LogP contribution in [0.25, 0.3) is 43.8 Å². The molecule has 0 atom stereocenters. The van der Waals surface area contributed by atoms with Gasteiger partial charge in [-0.1, -0.05) is 96.1 Å². The lowest BCUT2D eigenvalue weighted by atomic mass is 9.82. The molecular weight excluding hydrogens is 484 g/mol. The molecule has 0 fully saturated rings. The fraction of sp³-hybridized carbons (Fsp3) is 0.154. The van der Waals surface area contributed by atoms with Crippen LogP contribution in [-0.2, 0) is 0 Å². The highest BCUT2D eigenvalue weighted by molar-refractivity contribution is 6.22. The Labute approximate surface area is 237 Å². The maximum atomic E-state index is 14.9. The van der Waals surface area contributed by atoms with E-state index in [2.05, 4.69) is 126 Å². The zero-order chi connectivity index (χ0) is 28.1. The molecule has 0 saturated carbocycles. The zero-order valence-corrected chi connectivity index (χ0v) is 24.1. The normalized spacial score (nSPS) is 11.3. The number of carbonyl (C=O) groups excluding carboxylic acids is 1. The van der Waals surface area contributed by atoms with Crippen LogP contribution in [-0.4, -0.2) is 5.78 Å². The molecule has 0 aliphatic heterocycles. The summed E-state index contributed by atoms with van der Waals surface area (Å²) >= 11 is 0. The number of hydrogen-bond acceptors (Lipinski definition) is 1. The monoisotopic (exact) mass is 518 g/mol. The molecular formula is C39H34O. The molecule has 0 unspecified atom stereocenters. The summed E-state index contributed by atoms with van der Waals surface area (Å²) in [5, 5.41) is 4.48. The van der Waals surface area contributed by atoms with E-state index in [1.807, 2.05) is 12.1 Å². The molecule has 6 aromatic rings. The number of rotatable bonds is 4. The van der Waals surface area contributed by atoms with Gasteiger partial charge in [-0.15, -0.1) is 0 Å².